The third kappa shape index (κ3) is 4.05. The summed E-state index contributed by atoms with van der Waals surface area (Å²) in [5, 5.41) is 10.2. The maximum absolute atomic E-state index is 13.1. The van der Waals surface area contributed by atoms with Gasteiger partial charge in [-0.2, -0.15) is 10.1 Å². The Morgan fingerprint density at radius 1 is 1.31 bits per heavy atom. The molecule has 0 aliphatic heterocycles. The summed E-state index contributed by atoms with van der Waals surface area (Å²) in [5.74, 6) is 0.723. The second-order valence-corrected chi connectivity index (χ2v) is 8.81. The summed E-state index contributed by atoms with van der Waals surface area (Å²) in [4.78, 5) is 34.7. The minimum Gasteiger partial charge on any atom is -0.352 e. The molecule has 3 aromatic rings. The van der Waals surface area contributed by atoms with Crippen molar-refractivity contribution in [3.63, 3.8) is 0 Å². The van der Waals surface area contributed by atoms with Gasteiger partial charge in [0.25, 0.3) is 5.56 Å². The highest BCUT2D eigenvalue weighted by Gasteiger charge is 2.26. The maximum atomic E-state index is 13.1. The fourth-order valence-corrected chi connectivity index (χ4v) is 4.64. The van der Waals surface area contributed by atoms with Gasteiger partial charge in [-0.15, -0.1) is 0 Å². The van der Waals surface area contributed by atoms with Crippen molar-refractivity contribution in [1.82, 2.24) is 30.0 Å². The number of carbonyl (C=O) groups excluding carboxylic acids is 1. The van der Waals surface area contributed by atoms with Gasteiger partial charge in [-0.1, -0.05) is 43.7 Å². The Hall–Kier alpha value is -2.68. The van der Waals surface area contributed by atoms with Crippen LogP contribution in [0, 0.1) is 5.92 Å². The summed E-state index contributed by atoms with van der Waals surface area (Å²) >= 11 is 1.25. The molecular weight excluding hydrogens is 388 g/mol. The quantitative estimate of drug-likeness (QED) is 0.493. The van der Waals surface area contributed by atoms with Gasteiger partial charge in [0.1, 0.15) is 6.33 Å². The van der Waals surface area contributed by atoms with E-state index in [1.165, 1.54) is 29.1 Å². The Morgan fingerprint density at radius 3 is 2.86 bits per heavy atom. The topological polar surface area (TPSA) is 106 Å². The zero-order valence-electron chi connectivity index (χ0n) is 16.5. The van der Waals surface area contributed by atoms with Gasteiger partial charge in [0.15, 0.2) is 5.16 Å². The van der Waals surface area contributed by atoms with Gasteiger partial charge in [-0.3, -0.25) is 9.59 Å². The fourth-order valence-electron chi connectivity index (χ4n) is 3.73. The van der Waals surface area contributed by atoms with Gasteiger partial charge in [0, 0.05) is 6.04 Å². The van der Waals surface area contributed by atoms with E-state index in [1.54, 1.807) is 18.2 Å². The van der Waals surface area contributed by atoms with Crippen molar-refractivity contribution >= 4 is 28.6 Å². The summed E-state index contributed by atoms with van der Waals surface area (Å²) in [5.41, 5.74) is 0.340. The van der Waals surface area contributed by atoms with Crippen LogP contribution in [0.4, 0.5) is 0 Å². The Labute approximate surface area is 172 Å². The zero-order valence-corrected chi connectivity index (χ0v) is 17.3. The zero-order chi connectivity index (χ0) is 20.4. The third-order valence-corrected chi connectivity index (χ3v) is 6.50. The Morgan fingerprint density at radius 2 is 2.10 bits per heavy atom. The van der Waals surface area contributed by atoms with Crippen LogP contribution < -0.4 is 10.9 Å². The number of rotatable bonds is 5. The lowest BCUT2D eigenvalue weighted by Crippen LogP contribution is -2.44. The van der Waals surface area contributed by atoms with Crippen LogP contribution in [0.25, 0.3) is 16.9 Å². The van der Waals surface area contributed by atoms with E-state index in [0.29, 0.717) is 22.0 Å². The molecule has 1 aliphatic rings. The average molecular weight is 413 g/mol. The van der Waals surface area contributed by atoms with Gasteiger partial charge in [0.05, 0.1) is 16.2 Å². The molecule has 1 amide bonds. The van der Waals surface area contributed by atoms with Crippen LogP contribution in [-0.4, -0.2) is 41.9 Å². The number of amides is 1. The second kappa shape index (κ2) is 8.36. The summed E-state index contributed by atoms with van der Waals surface area (Å²) in [6, 6.07) is 7.36. The first-order chi connectivity index (χ1) is 14.0. The molecule has 0 saturated heterocycles. The van der Waals surface area contributed by atoms with Gasteiger partial charge in [-0.25, -0.2) is 14.6 Å². The molecule has 0 bridgehead atoms. The molecular formula is C20H24N6O2S. The molecule has 29 heavy (non-hydrogen) atoms. The van der Waals surface area contributed by atoms with Crippen molar-refractivity contribution in [2.24, 2.45) is 5.92 Å². The second-order valence-electron chi connectivity index (χ2n) is 7.50. The normalized spacial score (nSPS) is 20.5. The van der Waals surface area contributed by atoms with Crippen LogP contribution >= 0.6 is 11.8 Å². The van der Waals surface area contributed by atoms with Crippen molar-refractivity contribution in [3.05, 3.63) is 40.9 Å². The number of hydrogen-bond donors (Lipinski definition) is 2. The third-order valence-electron chi connectivity index (χ3n) is 5.45. The van der Waals surface area contributed by atoms with Crippen LogP contribution in [0.1, 0.15) is 39.5 Å². The predicted molar refractivity (Wildman–Crippen MR) is 112 cm³/mol. The largest absolute Gasteiger partial charge is 0.352 e. The average Bonchev–Trinajstić information content (AvgIpc) is 3.24. The molecule has 0 unspecified atom stereocenters. The summed E-state index contributed by atoms with van der Waals surface area (Å²) in [6.45, 7) is 4.02. The molecule has 1 fully saturated rings. The van der Waals surface area contributed by atoms with Crippen molar-refractivity contribution in [1.29, 1.82) is 0 Å². The molecule has 9 heteroatoms. The van der Waals surface area contributed by atoms with E-state index in [0.717, 1.165) is 19.3 Å². The number of aromatic nitrogens is 5. The van der Waals surface area contributed by atoms with Crippen LogP contribution in [-0.2, 0) is 4.79 Å². The van der Waals surface area contributed by atoms with Gasteiger partial charge in [-0.05, 0) is 37.8 Å². The van der Waals surface area contributed by atoms with Crippen molar-refractivity contribution < 1.29 is 4.79 Å². The monoisotopic (exact) mass is 412 g/mol. The molecule has 8 nitrogen and oxygen atoms in total. The number of benzene rings is 1. The number of nitrogens with one attached hydrogen (secondary N) is 2. The number of fused-ring (bicyclic) bond motifs is 1. The van der Waals surface area contributed by atoms with E-state index in [4.69, 9.17) is 0 Å². The molecule has 3 atom stereocenters. The smallest absolute Gasteiger partial charge is 0.269 e. The SMILES string of the molecule is C[C@@H]1CCCC[C@@H]1NC(=O)[C@@H](C)Sc1nc2ccccc2c(=O)n1-c1ncn[nH]1. The first-order valence-corrected chi connectivity index (χ1v) is 10.8. The molecule has 2 heterocycles. The van der Waals surface area contributed by atoms with Crippen LogP contribution in [0.3, 0.4) is 0 Å². The molecule has 1 aliphatic carbocycles. The van der Waals surface area contributed by atoms with E-state index in [2.05, 4.69) is 32.4 Å². The van der Waals surface area contributed by atoms with E-state index in [9.17, 15) is 9.59 Å². The summed E-state index contributed by atoms with van der Waals surface area (Å²) < 4.78 is 1.38. The molecule has 1 saturated carbocycles. The lowest BCUT2D eigenvalue weighted by atomic mass is 9.86. The Balaban J connectivity index is 1.63. The molecule has 4 rings (SSSR count). The van der Waals surface area contributed by atoms with Crippen molar-refractivity contribution in [3.8, 4) is 5.95 Å². The number of para-hydroxylation sites is 1. The van der Waals surface area contributed by atoms with E-state index >= 15 is 0 Å². The van der Waals surface area contributed by atoms with Gasteiger partial charge >= 0.3 is 0 Å². The molecule has 2 aromatic heterocycles. The lowest BCUT2D eigenvalue weighted by Gasteiger charge is -2.30. The number of aromatic amines is 1. The first-order valence-electron chi connectivity index (χ1n) is 9.89. The number of thioether (sulfide) groups is 1. The summed E-state index contributed by atoms with van der Waals surface area (Å²) in [6.07, 6.45) is 5.87. The highest BCUT2D eigenvalue weighted by molar-refractivity contribution is 8.00. The number of H-pyrrole nitrogens is 1. The number of hydrogen-bond acceptors (Lipinski definition) is 6. The Kier molecular flexibility index (Phi) is 5.66. The van der Waals surface area contributed by atoms with E-state index in [1.807, 2.05) is 13.0 Å². The molecule has 0 spiro atoms. The number of carbonyl (C=O) groups is 1. The minimum atomic E-state index is -0.411. The molecule has 1 aromatic carbocycles. The highest BCUT2D eigenvalue weighted by Crippen LogP contribution is 2.27. The number of nitrogens with zero attached hydrogens (tertiary/aromatic N) is 4. The lowest BCUT2D eigenvalue weighted by molar-refractivity contribution is -0.121. The van der Waals surface area contributed by atoms with E-state index < -0.39 is 5.25 Å². The first kappa shape index (κ1) is 19.6. The minimum absolute atomic E-state index is 0.0414. The van der Waals surface area contributed by atoms with E-state index in [-0.39, 0.29) is 23.5 Å². The van der Waals surface area contributed by atoms with Crippen molar-refractivity contribution in [2.75, 3.05) is 0 Å². The standard InChI is InChI=1S/C20H24N6O2S/c1-12-7-3-5-9-15(12)23-17(27)13(2)29-20-24-16-10-6-4-8-14(16)18(28)26(20)19-21-11-22-25-19/h4,6,8,10-13,15H,3,5,7,9H2,1-2H3,(H,23,27)(H,21,22,25)/t12-,13-,15+/m1/s1. The predicted octanol–water partition coefficient (Wildman–Crippen LogP) is 2.68. The van der Waals surface area contributed by atoms with Crippen LogP contribution in [0.15, 0.2) is 40.5 Å². The van der Waals surface area contributed by atoms with Crippen molar-refractivity contribution in [2.45, 2.75) is 56.0 Å². The fraction of sp³-hybridized carbons (Fsp3) is 0.450. The van der Waals surface area contributed by atoms with Crippen LogP contribution in [0.2, 0.25) is 0 Å². The highest BCUT2D eigenvalue weighted by atomic mass is 32.2. The molecule has 0 radical (unpaired) electrons. The summed E-state index contributed by atoms with van der Waals surface area (Å²) in [7, 11) is 0. The van der Waals surface area contributed by atoms with Gasteiger partial charge in [0.2, 0.25) is 11.9 Å². The Bertz CT molecular complexity index is 1060. The molecule has 152 valence electrons. The maximum Gasteiger partial charge on any atom is 0.269 e. The van der Waals surface area contributed by atoms with Crippen LogP contribution in [0.5, 0.6) is 0 Å². The molecule has 2 N–H and O–H groups in total. The van der Waals surface area contributed by atoms with Gasteiger partial charge < -0.3 is 5.32 Å².